The minimum atomic E-state index is -0.371. The first kappa shape index (κ1) is 16.1. The number of carbonyl (C=O) groups is 1. The van der Waals surface area contributed by atoms with E-state index in [1.165, 1.54) is 18.2 Å². The second-order valence-electron chi connectivity index (χ2n) is 6.08. The average Bonchev–Trinajstić information content (AvgIpc) is 3.08. The van der Waals surface area contributed by atoms with Crippen LogP contribution < -0.4 is 0 Å². The van der Waals surface area contributed by atoms with Crippen LogP contribution in [-0.4, -0.2) is 18.2 Å². The molecule has 0 bridgehead atoms. The van der Waals surface area contributed by atoms with Gasteiger partial charge in [0.05, 0.1) is 12.7 Å². The monoisotopic (exact) mass is 343 g/mol. The van der Waals surface area contributed by atoms with Gasteiger partial charge < -0.3 is 9.26 Å². The van der Waals surface area contributed by atoms with E-state index in [9.17, 15) is 4.79 Å². The van der Waals surface area contributed by atoms with Gasteiger partial charge in [-0.25, -0.2) is 4.79 Å². The number of benzene rings is 2. The number of rotatable bonds is 3. The Bertz CT molecular complexity index is 1030. The van der Waals surface area contributed by atoms with Crippen LogP contribution in [0.5, 0.6) is 0 Å². The standard InChI is InChI=1S/C22H17NO3/c1-25-22(24)19-11-5-9-17(13-19)20-14-21(26-23-20)18-10-4-8-15-6-2-3-7-16(15)12-18/h2-11,13-14H,12H2,1H3. The number of ether oxygens (including phenoxy) is 1. The van der Waals surface area contributed by atoms with Crippen LogP contribution in [0.2, 0.25) is 0 Å². The van der Waals surface area contributed by atoms with Gasteiger partial charge >= 0.3 is 5.97 Å². The lowest BCUT2D eigenvalue weighted by Crippen LogP contribution is -2.00. The van der Waals surface area contributed by atoms with Crippen molar-refractivity contribution in [1.29, 1.82) is 0 Å². The van der Waals surface area contributed by atoms with Crippen molar-refractivity contribution in [3.63, 3.8) is 0 Å². The summed E-state index contributed by atoms with van der Waals surface area (Å²) >= 11 is 0. The Morgan fingerprint density at radius 2 is 2.00 bits per heavy atom. The van der Waals surface area contributed by atoms with E-state index in [2.05, 4.69) is 29.4 Å². The highest BCUT2D eigenvalue weighted by molar-refractivity contribution is 5.90. The van der Waals surface area contributed by atoms with Gasteiger partial charge in [-0.3, -0.25) is 0 Å². The smallest absolute Gasteiger partial charge is 0.337 e. The molecule has 4 nitrogen and oxygen atoms in total. The van der Waals surface area contributed by atoms with Crippen LogP contribution in [-0.2, 0) is 11.2 Å². The third kappa shape index (κ3) is 3.09. The molecule has 4 heteroatoms. The topological polar surface area (TPSA) is 52.3 Å². The summed E-state index contributed by atoms with van der Waals surface area (Å²) in [5.74, 6) is 0.355. The summed E-state index contributed by atoms with van der Waals surface area (Å²) in [6.07, 6.45) is 6.95. The summed E-state index contributed by atoms with van der Waals surface area (Å²) in [6.45, 7) is 0. The van der Waals surface area contributed by atoms with E-state index in [4.69, 9.17) is 9.26 Å². The van der Waals surface area contributed by atoms with Gasteiger partial charge in [-0.2, -0.15) is 0 Å². The van der Waals surface area contributed by atoms with Gasteiger partial charge in [0.1, 0.15) is 5.69 Å². The molecule has 0 spiro atoms. The molecule has 1 heterocycles. The maximum Gasteiger partial charge on any atom is 0.337 e. The molecule has 0 fully saturated rings. The van der Waals surface area contributed by atoms with Crippen molar-refractivity contribution >= 4 is 17.6 Å². The molecule has 0 saturated heterocycles. The summed E-state index contributed by atoms with van der Waals surface area (Å²) in [4.78, 5) is 11.7. The highest BCUT2D eigenvalue weighted by Crippen LogP contribution is 2.29. The molecule has 0 saturated carbocycles. The normalized spacial score (nSPS) is 12.9. The van der Waals surface area contributed by atoms with Crippen molar-refractivity contribution < 1.29 is 14.1 Å². The molecule has 0 N–H and O–H groups in total. The Morgan fingerprint density at radius 3 is 2.88 bits per heavy atom. The summed E-state index contributed by atoms with van der Waals surface area (Å²) in [5.41, 5.74) is 5.51. The largest absolute Gasteiger partial charge is 0.465 e. The second-order valence-corrected chi connectivity index (χ2v) is 6.08. The van der Waals surface area contributed by atoms with Crippen LogP contribution in [0.15, 0.2) is 71.3 Å². The molecule has 2 aromatic carbocycles. The van der Waals surface area contributed by atoms with Crippen molar-refractivity contribution in [2.75, 3.05) is 7.11 Å². The van der Waals surface area contributed by atoms with E-state index in [1.54, 1.807) is 18.2 Å². The molecule has 1 aromatic heterocycles. The molecule has 3 aromatic rings. The molecular weight excluding hydrogens is 326 g/mol. The number of hydrogen-bond donors (Lipinski definition) is 0. The van der Waals surface area contributed by atoms with Crippen LogP contribution >= 0.6 is 0 Å². The summed E-state index contributed by atoms with van der Waals surface area (Å²) < 4.78 is 10.4. The predicted molar refractivity (Wildman–Crippen MR) is 100 cm³/mol. The van der Waals surface area contributed by atoms with E-state index in [0.29, 0.717) is 11.3 Å². The molecule has 0 atom stereocenters. The molecule has 0 aliphatic heterocycles. The van der Waals surface area contributed by atoms with Gasteiger partial charge in [0, 0.05) is 23.6 Å². The van der Waals surface area contributed by atoms with Gasteiger partial charge in [0.2, 0.25) is 0 Å². The highest BCUT2D eigenvalue weighted by Gasteiger charge is 2.15. The number of methoxy groups -OCH3 is 1. The molecular formula is C22H17NO3. The maximum absolute atomic E-state index is 11.7. The van der Waals surface area contributed by atoms with Crippen molar-refractivity contribution in [1.82, 2.24) is 5.16 Å². The number of allylic oxidation sites excluding steroid dienone is 3. The summed E-state index contributed by atoms with van der Waals surface area (Å²) in [7, 11) is 1.37. The Hall–Kier alpha value is -3.40. The SMILES string of the molecule is COC(=O)c1cccc(-c2cc(C3=CC=Cc4ccccc4C3)on2)c1. The van der Waals surface area contributed by atoms with E-state index >= 15 is 0 Å². The lowest BCUT2D eigenvalue weighted by molar-refractivity contribution is 0.0601. The van der Waals surface area contributed by atoms with E-state index in [1.807, 2.05) is 30.3 Å². The minimum absolute atomic E-state index is 0.371. The molecule has 0 amide bonds. The van der Waals surface area contributed by atoms with Crippen LogP contribution in [0.25, 0.3) is 22.9 Å². The number of nitrogens with zero attached hydrogens (tertiary/aromatic N) is 1. The number of hydrogen-bond acceptors (Lipinski definition) is 4. The number of carbonyl (C=O) groups excluding carboxylic acids is 1. The van der Waals surface area contributed by atoms with Crippen LogP contribution in [0.3, 0.4) is 0 Å². The molecule has 128 valence electrons. The quantitative estimate of drug-likeness (QED) is 0.642. The minimum Gasteiger partial charge on any atom is -0.465 e. The molecule has 26 heavy (non-hydrogen) atoms. The molecule has 0 radical (unpaired) electrons. The lowest BCUT2D eigenvalue weighted by atomic mass is 10.00. The first-order valence-electron chi connectivity index (χ1n) is 8.35. The van der Waals surface area contributed by atoms with E-state index < -0.39 is 0 Å². The van der Waals surface area contributed by atoms with E-state index in [0.717, 1.165) is 23.3 Å². The zero-order chi connectivity index (χ0) is 17.9. The number of esters is 1. The second kappa shape index (κ2) is 6.84. The third-order valence-corrected chi connectivity index (χ3v) is 4.42. The van der Waals surface area contributed by atoms with Gasteiger partial charge in [0.15, 0.2) is 5.76 Å². The van der Waals surface area contributed by atoms with Crippen LogP contribution in [0.4, 0.5) is 0 Å². The zero-order valence-electron chi connectivity index (χ0n) is 14.3. The predicted octanol–water partition coefficient (Wildman–Crippen LogP) is 4.78. The molecule has 4 rings (SSSR count). The van der Waals surface area contributed by atoms with Gasteiger partial charge in [-0.15, -0.1) is 0 Å². The van der Waals surface area contributed by atoms with Crippen LogP contribution in [0, 0.1) is 0 Å². The highest BCUT2D eigenvalue weighted by atomic mass is 16.5. The van der Waals surface area contributed by atoms with Gasteiger partial charge in [-0.1, -0.05) is 59.8 Å². The maximum atomic E-state index is 11.7. The third-order valence-electron chi connectivity index (χ3n) is 4.42. The first-order valence-corrected chi connectivity index (χ1v) is 8.35. The van der Waals surface area contributed by atoms with Crippen molar-refractivity contribution in [2.24, 2.45) is 0 Å². The number of aromatic nitrogens is 1. The first-order chi connectivity index (χ1) is 12.7. The zero-order valence-corrected chi connectivity index (χ0v) is 14.3. The van der Waals surface area contributed by atoms with Crippen LogP contribution in [0.1, 0.15) is 27.2 Å². The Morgan fingerprint density at radius 1 is 1.12 bits per heavy atom. The summed E-state index contributed by atoms with van der Waals surface area (Å²) in [6, 6.07) is 17.4. The fourth-order valence-corrected chi connectivity index (χ4v) is 3.05. The fraction of sp³-hybridized carbons (Fsp3) is 0.0909. The molecule has 1 aliphatic rings. The van der Waals surface area contributed by atoms with Gasteiger partial charge in [-0.05, 0) is 23.3 Å². The Labute approximate surface area is 151 Å². The van der Waals surface area contributed by atoms with E-state index in [-0.39, 0.29) is 5.97 Å². The van der Waals surface area contributed by atoms with Crippen molar-refractivity contribution in [2.45, 2.75) is 6.42 Å². The summed E-state index contributed by atoms with van der Waals surface area (Å²) in [5, 5.41) is 4.18. The molecule has 0 unspecified atom stereocenters. The fourth-order valence-electron chi connectivity index (χ4n) is 3.05. The Kier molecular flexibility index (Phi) is 4.23. The average molecular weight is 343 g/mol. The number of fused-ring (bicyclic) bond motifs is 1. The van der Waals surface area contributed by atoms with Crippen molar-refractivity contribution in [3.8, 4) is 11.3 Å². The lowest BCUT2D eigenvalue weighted by Gasteiger charge is -2.04. The Balaban J connectivity index is 1.64. The van der Waals surface area contributed by atoms with Gasteiger partial charge in [0.25, 0.3) is 0 Å². The van der Waals surface area contributed by atoms with Crippen molar-refractivity contribution in [3.05, 3.63) is 89.2 Å². The molecule has 1 aliphatic carbocycles.